The SMILES string of the molecule is O=C(NCc1ccc(Cl)cc1)C(=O)NC[C@@H]1OCCN1S(=O)(=O)c1cc(F)ccc1F. The van der Waals surface area contributed by atoms with E-state index in [9.17, 15) is 26.8 Å². The van der Waals surface area contributed by atoms with Crippen LogP contribution in [-0.4, -0.2) is 50.5 Å². The highest BCUT2D eigenvalue weighted by molar-refractivity contribution is 7.89. The van der Waals surface area contributed by atoms with Crippen molar-refractivity contribution in [2.45, 2.75) is 17.7 Å². The molecule has 2 amide bonds. The van der Waals surface area contributed by atoms with Crippen LogP contribution in [0.25, 0.3) is 0 Å². The molecule has 8 nitrogen and oxygen atoms in total. The smallest absolute Gasteiger partial charge is 0.309 e. The Bertz CT molecular complexity index is 1080. The molecule has 2 aromatic rings. The molecule has 1 fully saturated rings. The molecule has 2 aromatic carbocycles. The topological polar surface area (TPSA) is 105 Å². The number of rotatable bonds is 6. The van der Waals surface area contributed by atoms with Crippen LogP contribution in [0, 0.1) is 11.6 Å². The molecule has 0 aromatic heterocycles. The zero-order chi connectivity index (χ0) is 22.6. The van der Waals surface area contributed by atoms with Gasteiger partial charge in [0.05, 0.1) is 13.2 Å². The lowest BCUT2D eigenvalue weighted by Crippen LogP contribution is -2.47. The summed E-state index contributed by atoms with van der Waals surface area (Å²) < 4.78 is 58.9. The molecule has 1 heterocycles. The third kappa shape index (κ3) is 5.56. The lowest BCUT2D eigenvalue weighted by molar-refractivity contribution is -0.139. The predicted octanol–water partition coefficient (Wildman–Crippen LogP) is 1.40. The maximum absolute atomic E-state index is 14.0. The first-order valence-corrected chi connectivity index (χ1v) is 10.9. The Kier molecular flexibility index (Phi) is 7.21. The Morgan fingerprint density at radius 1 is 1.10 bits per heavy atom. The number of amides is 2. The molecule has 0 bridgehead atoms. The molecule has 1 saturated heterocycles. The maximum Gasteiger partial charge on any atom is 0.309 e. The van der Waals surface area contributed by atoms with Gasteiger partial charge in [0.25, 0.3) is 0 Å². The van der Waals surface area contributed by atoms with E-state index in [1.54, 1.807) is 24.3 Å². The van der Waals surface area contributed by atoms with E-state index in [0.717, 1.165) is 15.9 Å². The molecule has 3 rings (SSSR count). The van der Waals surface area contributed by atoms with Gasteiger partial charge in [0.2, 0.25) is 10.0 Å². The summed E-state index contributed by atoms with van der Waals surface area (Å²) in [4.78, 5) is 23.1. The van der Waals surface area contributed by atoms with Crippen molar-refractivity contribution in [3.63, 3.8) is 0 Å². The molecule has 1 aliphatic heterocycles. The van der Waals surface area contributed by atoms with Gasteiger partial charge in [-0.25, -0.2) is 17.2 Å². The third-order valence-electron chi connectivity index (χ3n) is 4.43. The second-order valence-corrected chi connectivity index (χ2v) is 8.83. The lowest BCUT2D eigenvalue weighted by atomic mass is 10.2. The Morgan fingerprint density at radius 3 is 2.48 bits per heavy atom. The van der Waals surface area contributed by atoms with Gasteiger partial charge in [-0.1, -0.05) is 23.7 Å². The highest BCUT2D eigenvalue weighted by Crippen LogP contribution is 2.25. The van der Waals surface area contributed by atoms with Gasteiger partial charge < -0.3 is 15.4 Å². The van der Waals surface area contributed by atoms with Gasteiger partial charge >= 0.3 is 11.8 Å². The molecule has 1 aliphatic rings. The van der Waals surface area contributed by atoms with Gasteiger partial charge in [0.15, 0.2) is 0 Å². The van der Waals surface area contributed by atoms with Crippen molar-refractivity contribution in [2.75, 3.05) is 19.7 Å². The summed E-state index contributed by atoms with van der Waals surface area (Å²) in [5, 5.41) is 5.22. The fourth-order valence-electron chi connectivity index (χ4n) is 2.87. The third-order valence-corrected chi connectivity index (χ3v) is 6.59. The highest BCUT2D eigenvalue weighted by Gasteiger charge is 2.38. The molecule has 2 N–H and O–H groups in total. The van der Waals surface area contributed by atoms with E-state index in [-0.39, 0.29) is 26.2 Å². The Labute approximate surface area is 182 Å². The lowest BCUT2D eigenvalue weighted by Gasteiger charge is -2.23. The van der Waals surface area contributed by atoms with E-state index in [4.69, 9.17) is 16.3 Å². The van der Waals surface area contributed by atoms with Crippen molar-refractivity contribution in [2.24, 2.45) is 0 Å². The normalized spacial score (nSPS) is 16.8. The van der Waals surface area contributed by atoms with Crippen LogP contribution in [0.15, 0.2) is 47.4 Å². The minimum Gasteiger partial charge on any atom is -0.359 e. The molecule has 0 aliphatic carbocycles. The van der Waals surface area contributed by atoms with E-state index in [1.807, 2.05) is 0 Å². The number of benzene rings is 2. The number of carbonyl (C=O) groups excluding carboxylic acids is 2. The average Bonchev–Trinajstić information content (AvgIpc) is 3.22. The molecule has 166 valence electrons. The first kappa shape index (κ1) is 23.1. The number of carbonyl (C=O) groups is 2. The largest absolute Gasteiger partial charge is 0.359 e. The van der Waals surface area contributed by atoms with Crippen molar-refractivity contribution in [1.29, 1.82) is 0 Å². The summed E-state index contributed by atoms with van der Waals surface area (Å²) in [6, 6.07) is 8.72. The van der Waals surface area contributed by atoms with E-state index in [0.29, 0.717) is 17.2 Å². The highest BCUT2D eigenvalue weighted by atomic mass is 35.5. The van der Waals surface area contributed by atoms with Crippen molar-refractivity contribution >= 4 is 33.4 Å². The van der Waals surface area contributed by atoms with Crippen LogP contribution < -0.4 is 10.6 Å². The zero-order valence-corrected chi connectivity index (χ0v) is 17.6. The van der Waals surface area contributed by atoms with Gasteiger partial charge in [-0.05, 0) is 35.9 Å². The number of hydrogen-bond donors (Lipinski definition) is 2. The molecule has 0 unspecified atom stereocenters. The predicted molar refractivity (Wildman–Crippen MR) is 106 cm³/mol. The minimum atomic E-state index is -4.43. The summed E-state index contributed by atoms with van der Waals surface area (Å²) >= 11 is 5.78. The monoisotopic (exact) mass is 473 g/mol. The van der Waals surface area contributed by atoms with Gasteiger partial charge in [0, 0.05) is 18.1 Å². The summed E-state index contributed by atoms with van der Waals surface area (Å²) in [7, 11) is -4.43. The fourth-order valence-corrected chi connectivity index (χ4v) is 4.58. The van der Waals surface area contributed by atoms with Gasteiger partial charge in [-0.3, -0.25) is 9.59 Å². The summed E-state index contributed by atoms with van der Waals surface area (Å²) in [5.74, 6) is -3.96. The van der Waals surface area contributed by atoms with E-state index < -0.39 is 44.6 Å². The number of halogens is 3. The molecule has 12 heteroatoms. The molecule has 0 saturated carbocycles. The summed E-state index contributed by atoms with van der Waals surface area (Å²) in [6.45, 7) is -0.410. The zero-order valence-electron chi connectivity index (χ0n) is 16.0. The molecule has 31 heavy (non-hydrogen) atoms. The number of sulfonamides is 1. The average molecular weight is 474 g/mol. The minimum absolute atomic E-state index is 0.0144. The number of nitrogens with zero attached hydrogens (tertiary/aromatic N) is 1. The first-order valence-electron chi connectivity index (χ1n) is 9.07. The number of ether oxygens (including phenoxy) is 1. The fraction of sp³-hybridized carbons (Fsp3) is 0.263. The molecule has 0 spiro atoms. The van der Waals surface area contributed by atoms with Crippen LogP contribution in [0.3, 0.4) is 0 Å². The second kappa shape index (κ2) is 9.69. The van der Waals surface area contributed by atoms with E-state index in [2.05, 4.69) is 10.6 Å². The van der Waals surface area contributed by atoms with E-state index in [1.165, 1.54) is 0 Å². The quantitative estimate of drug-likeness (QED) is 0.617. The van der Waals surface area contributed by atoms with Gasteiger partial charge in [0.1, 0.15) is 22.8 Å². The first-order chi connectivity index (χ1) is 14.7. The Balaban J connectivity index is 1.59. The molecule has 1 atom stereocenters. The number of hydrogen-bond acceptors (Lipinski definition) is 5. The Morgan fingerprint density at radius 2 is 1.77 bits per heavy atom. The second-order valence-electron chi connectivity index (χ2n) is 6.54. The maximum atomic E-state index is 14.0. The van der Waals surface area contributed by atoms with Crippen LogP contribution >= 0.6 is 11.6 Å². The molecular weight excluding hydrogens is 456 g/mol. The standard InChI is InChI=1S/C19H18ClF2N3O5S/c20-13-3-1-12(2-4-13)10-23-18(26)19(27)24-11-17-25(7-8-30-17)31(28,29)16-9-14(21)5-6-15(16)22/h1-6,9,17H,7-8,10-11H2,(H,23,26)(H,24,27)/t17-/m0/s1. The molecular formula is C19H18ClF2N3O5S. The van der Waals surface area contributed by atoms with Crippen molar-refractivity contribution in [3.8, 4) is 0 Å². The van der Waals surface area contributed by atoms with Crippen LogP contribution in [0.1, 0.15) is 5.56 Å². The van der Waals surface area contributed by atoms with Crippen molar-refractivity contribution < 1.29 is 31.5 Å². The van der Waals surface area contributed by atoms with Crippen molar-refractivity contribution in [1.82, 2.24) is 14.9 Å². The van der Waals surface area contributed by atoms with Crippen LogP contribution in [0.5, 0.6) is 0 Å². The van der Waals surface area contributed by atoms with Crippen LogP contribution in [-0.2, 0) is 30.9 Å². The summed E-state index contributed by atoms with van der Waals surface area (Å²) in [5.41, 5.74) is 0.721. The van der Waals surface area contributed by atoms with Gasteiger partial charge in [-0.15, -0.1) is 0 Å². The molecule has 0 radical (unpaired) electrons. The summed E-state index contributed by atoms with van der Waals surface area (Å²) in [6.07, 6.45) is -1.18. The van der Waals surface area contributed by atoms with Crippen molar-refractivity contribution in [3.05, 3.63) is 64.7 Å². The van der Waals surface area contributed by atoms with Crippen LogP contribution in [0.4, 0.5) is 8.78 Å². The van der Waals surface area contributed by atoms with Gasteiger partial charge in [-0.2, -0.15) is 4.31 Å². The number of nitrogens with one attached hydrogen (secondary N) is 2. The van der Waals surface area contributed by atoms with E-state index >= 15 is 0 Å². The Hall–Kier alpha value is -2.60. The van der Waals surface area contributed by atoms with Crippen LogP contribution in [0.2, 0.25) is 5.02 Å².